The van der Waals surface area contributed by atoms with Crippen molar-refractivity contribution in [3.8, 4) is 0 Å². The van der Waals surface area contributed by atoms with E-state index in [-0.39, 0.29) is 0 Å². The van der Waals surface area contributed by atoms with Gasteiger partial charge < -0.3 is 0 Å². The first-order valence-electron chi connectivity index (χ1n) is 6.79. The monoisotopic (exact) mass is 341 g/mol. The van der Waals surface area contributed by atoms with E-state index >= 15 is 0 Å². The zero-order valence-corrected chi connectivity index (χ0v) is 13.6. The first-order chi connectivity index (χ1) is 8.72. The molecule has 0 saturated carbocycles. The number of rotatable bonds is 12. The molecule has 0 heterocycles. The van der Waals surface area contributed by atoms with Crippen molar-refractivity contribution in [1.29, 1.82) is 0 Å². The molecular formula is C13H25BrClNO2. The molecule has 0 unspecified atom stereocenters. The molecule has 0 bridgehead atoms. The third-order valence-corrected chi connectivity index (χ3v) is 3.66. The number of unbranched alkanes of at least 4 members (excludes halogenated alkanes) is 8. The van der Waals surface area contributed by atoms with Crippen LogP contribution in [0.5, 0.6) is 0 Å². The number of hydroxylamine groups is 2. The van der Waals surface area contributed by atoms with Crippen molar-refractivity contribution in [1.82, 2.24) is 5.06 Å². The number of hydrogen-bond acceptors (Lipinski definition) is 2. The number of halogens is 2. The molecular weight excluding hydrogens is 318 g/mol. The minimum atomic E-state index is -0.538. The Bertz CT molecular complexity index is 205. The van der Waals surface area contributed by atoms with E-state index in [0.717, 1.165) is 18.2 Å². The molecule has 0 saturated heterocycles. The zero-order chi connectivity index (χ0) is 13.6. The van der Waals surface area contributed by atoms with E-state index in [1.54, 1.807) is 0 Å². The van der Waals surface area contributed by atoms with Crippen LogP contribution in [0.4, 0.5) is 4.79 Å². The summed E-state index contributed by atoms with van der Waals surface area (Å²) in [6, 6.07) is 0. The first-order valence-corrected chi connectivity index (χ1v) is 8.29. The van der Waals surface area contributed by atoms with E-state index in [1.165, 1.54) is 57.1 Å². The third kappa shape index (κ3) is 11.3. The summed E-state index contributed by atoms with van der Waals surface area (Å²) in [6.07, 6.45) is 11.3. The van der Waals surface area contributed by atoms with E-state index in [0.29, 0.717) is 6.54 Å². The van der Waals surface area contributed by atoms with Crippen molar-refractivity contribution >= 4 is 32.9 Å². The molecule has 0 aromatic heterocycles. The van der Waals surface area contributed by atoms with Gasteiger partial charge in [-0.25, -0.2) is 5.06 Å². The van der Waals surface area contributed by atoms with Gasteiger partial charge in [0, 0.05) is 11.9 Å². The summed E-state index contributed by atoms with van der Waals surface area (Å²) < 4.78 is 0. The van der Waals surface area contributed by atoms with Crippen molar-refractivity contribution in [2.24, 2.45) is 0 Å². The maximum absolute atomic E-state index is 10.8. The highest BCUT2D eigenvalue weighted by Gasteiger charge is 2.08. The average molecular weight is 343 g/mol. The van der Waals surface area contributed by atoms with E-state index in [4.69, 9.17) is 16.4 Å². The summed E-state index contributed by atoms with van der Waals surface area (Å²) in [5, 5.41) is 1.79. The van der Waals surface area contributed by atoms with Gasteiger partial charge in [0.05, 0.1) is 7.11 Å². The lowest BCUT2D eigenvalue weighted by molar-refractivity contribution is -0.0781. The Hall–Kier alpha value is 0.200. The van der Waals surface area contributed by atoms with Gasteiger partial charge >= 0.3 is 5.37 Å². The average Bonchev–Trinajstić information content (AvgIpc) is 2.35. The Labute approximate surface area is 124 Å². The van der Waals surface area contributed by atoms with Crippen molar-refractivity contribution in [2.45, 2.75) is 57.8 Å². The zero-order valence-electron chi connectivity index (χ0n) is 11.3. The van der Waals surface area contributed by atoms with Crippen LogP contribution in [0.25, 0.3) is 0 Å². The van der Waals surface area contributed by atoms with Crippen molar-refractivity contribution < 1.29 is 9.63 Å². The summed E-state index contributed by atoms with van der Waals surface area (Å²) in [5.74, 6) is 0. The van der Waals surface area contributed by atoms with Crippen molar-refractivity contribution in [3.05, 3.63) is 0 Å². The number of alkyl halides is 1. The number of carbonyl (C=O) groups is 1. The molecule has 0 aliphatic heterocycles. The molecule has 3 nitrogen and oxygen atoms in total. The fraction of sp³-hybridized carbons (Fsp3) is 0.923. The second kappa shape index (κ2) is 13.6. The number of carbonyl (C=O) groups excluding carboxylic acids is 1. The van der Waals surface area contributed by atoms with Crippen LogP contribution in [0.1, 0.15) is 57.8 Å². The minimum absolute atomic E-state index is 0.538. The summed E-state index contributed by atoms with van der Waals surface area (Å²) in [6.45, 7) is 0.587. The summed E-state index contributed by atoms with van der Waals surface area (Å²) in [7, 11) is 1.47. The van der Waals surface area contributed by atoms with Crippen LogP contribution in [0.15, 0.2) is 0 Å². The van der Waals surface area contributed by atoms with Gasteiger partial charge in [-0.2, -0.15) is 0 Å². The van der Waals surface area contributed by atoms with Gasteiger partial charge in [0.1, 0.15) is 0 Å². The van der Waals surface area contributed by atoms with Crippen molar-refractivity contribution in [2.75, 3.05) is 19.0 Å². The Morgan fingerprint density at radius 2 is 1.44 bits per heavy atom. The highest BCUT2D eigenvalue weighted by Crippen LogP contribution is 2.11. The topological polar surface area (TPSA) is 29.5 Å². The molecule has 5 heteroatoms. The Morgan fingerprint density at radius 3 is 1.83 bits per heavy atom. The van der Waals surface area contributed by atoms with Crippen molar-refractivity contribution in [3.63, 3.8) is 0 Å². The molecule has 0 aliphatic rings. The lowest BCUT2D eigenvalue weighted by Gasteiger charge is -2.15. The maximum atomic E-state index is 10.8. The number of nitrogens with zero attached hydrogens (tertiary/aromatic N) is 1. The predicted octanol–water partition coefficient (Wildman–Crippen LogP) is 5.11. The summed E-state index contributed by atoms with van der Waals surface area (Å²) in [5.41, 5.74) is 0. The second-order valence-electron chi connectivity index (χ2n) is 4.41. The van der Waals surface area contributed by atoms with Gasteiger partial charge in [-0.1, -0.05) is 60.9 Å². The van der Waals surface area contributed by atoms with Crippen LogP contribution in [0.3, 0.4) is 0 Å². The highest BCUT2D eigenvalue weighted by atomic mass is 79.9. The predicted molar refractivity (Wildman–Crippen MR) is 80.3 cm³/mol. The number of amides is 1. The SMILES string of the molecule is CON(CCCCCCCCCCCBr)C(=O)Cl. The molecule has 0 radical (unpaired) electrons. The van der Waals surface area contributed by atoms with Crippen LogP contribution < -0.4 is 0 Å². The van der Waals surface area contributed by atoms with E-state index in [2.05, 4.69) is 15.9 Å². The van der Waals surface area contributed by atoms with Gasteiger partial charge in [0.25, 0.3) is 0 Å². The van der Waals surface area contributed by atoms with Gasteiger partial charge in [0.15, 0.2) is 0 Å². The second-order valence-corrected chi connectivity index (χ2v) is 5.52. The lowest BCUT2D eigenvalue weighted by atomic mass is 10.1. The summed E-state index contributed by atoms with van der Waals surface area (Å²) in [4.78, 5) is 15.7. The Kier molecular flexibility index (Phi) is 13.8. The Morgan fingerprint density at radius 1 is 1.00 bits per heavy atom. The van der Waals surface area contributed by atoms with Crippen LogP contribution in [-0.2, 0) is 4.84 Å². The van der Waals surface area contributed by atoms with E-state index < -0.39 is 5.37 Å². The number of hydrogen-bond donors (Lipinski definition) is 0. The minimum Gasteiger partial charge on any atom is -0.273 e. The molecule has 18 heavy (non-hydrogen) atoms. The normalized spacial score (nSPS) is 10.6. The van der Waals surface area contributed by atoms with Crippen LogP contribution >= 0.6 is 27.5 Å². The van der Waals surface area contributed by atoms with Gasteiger partial charge in [-0.05, 0) is 24.4 Å². The van der Waals surface area contributed by atoms with E-state index in [9.17, 15) is 4.79 Å². The fourth-order valence-corrected chi connectivity index (χ4v) is 2.39. The molecule has 0 rings (SSSR count). The van der Waals surface area contributed by atoms with Crippen LogP contribution in [0, 0.1) is 0 Å². The molecule has 0 aromatic rings. The molecule has 108 valence electrons. The molecule has 0 aliphatic carbocycles. The largest absolute Gasteiger partial charge is 0.340 e. The van der Waals surface area contributed by atoms with Gasteiger partial charge in [-0.3, -0.25) is 9.63 Å². The van der Waals surface area contributed by atoms with Crippen LogP contribution in [-0.4, -0.2) is 29.4 Å². The first kappa shape index (κ1) is 18.2. The molecule has 0 fully saturated rings. The molecule has 0 aromatic carbocycles. The molecule has 1 amide bonds. The maximum Gasteiger partial charge on any atom is 0.340 e. The standard InChI is InChI=1S/C13H25BrClNO2/c1-18-16(13(15)17)12-10-8-6-4-2-3-5-7-9-11-14/h2-12H2,1H3. The summed E-state index contributed by atoms with van der Waals surface area (Å²) >= 11 is 8.77. The Balaban J connectivity index is 3.18. The van der Waals surface area contributed by atoms with E-state index in [1.807, 2.05) is 0 Å². The van der Waals surface area contributed by atoms with Crippen LogP contribution in [0.2, 0.25) is 0 Å². The quantitative estimate of drug-likeness (QED) is 0.162. The highest BCUT2D eigenvalue weighted by molar-refractivity contribution is 9.09. The fourth-order valence-electron chi connectivity index (χ4n) is 1.84. The van der Waals surface area contributed by atoms with Gasteiger partial charge in [-0.15, -0.1) is 0 Å². The molecule has 0 spiro atoms. The smallest absolute Gasteiger partial charge is 0.273 e. The van der Waals surface area contributed by atoms with Gasteiger partial charge in [0.2, 0.25) is 0 Å². The lowest BCUT2D eigenvalue weighted by Crippen LogP contribution is -2.25. The molecule has 0 atom stereocenters. The third-order valence-electron chi connectivity index (χ3n) is 2.91. The molecule has 0 N–H and O–H groups in total.